The number of ether oxygens (including phenoxy) is 1. The second kappa shape index (κ2) is 2.66. The molecule has 4 atom stereocenters. The van der Waals surface area contributed by atoms with Crippen LogP contribution in [0.5, 0.6) is 0 Å². The molecule has 0 spiro atoms. The van der Waals surface area contributed by atoms with E-state index < -0.39 is 0 Å². The Morgan fingerprint density at radius 1 is 1.30 bits per heavy atom. The molecule has 2 saturated heterocycles. The Morgan fingerprint density at radius 2 is 2.00 bits per heavy atom. The van der Waals surface area contributed by atoms with Crippen LogP contribution >= 0.6 is 12.4 Å². The van der Waals surface area contributed by atoms with Gasteiger partial charge in [-0.15, -0.1) is 12.4 Å². The van der Waals surface area contributed by atoms with Gasteiger partial charge in [0.25, 0.3) is 0 Å². The van der Waals surface area contributed by atoms with Crippen molar-refractivity contribution in [2.24, 2.45) is 5.73 Å². The van der Waals surface area contributed by atoms with Crippen molar-refractivity contribution in [1.29, 1.82) is 0 Å². The van der Waals surface area contributed by atoms with Gasteiger partial charge in [0, 0.05) is 12.5 Å². The van der Waals surface area contributed by atoms with Crippen LogP contribution in [0.1, 0.15) is 12.8 Å². The minimum absolute atomic E-state index is 0. The molecule has 2 heterocycles. The highest BCUT2D eigenvalue weighted by atomic mass is 35.5. The first kappa shape index (κ1) is 8.27. The summed E-state index contributed by atoms with van der Waals surface area (Å²) in [6, 6.07) is 0.179. The first-order chi connectivity index (χ1) is 4.27. The van der Waals surface area contributed by atoms with Crippen molar-refractivity contribution < 1.29 is 9.84 Å². The Labute approximate surface area is 66.0 Å². The summed E-state index contributed by atoms with van der Waals surface area (Å²) in [6.45, 7) is 0. The Hall–Kier alpha value is 0.170. The van der Waals surface area contributed by atoms with Gasteiger partial charge in [-0.25, -0.2) is 0 Å². The van der Waals surface area contributed by atoms with Crippen LogP contribution in [-0.4, -0.2) is 29.5 Å². The normalized spacial score (nSPS) is 51.0. The summed E-state index contributed by atoms with van der Waals surface area (Å²) in [5, 5.41) is 9.16. The van der Waals surface area contributed by atoms with Gasteiger partial charge >= 0.3 is 0 Å². The van der Waals surface area contributed by atoms with E-state index in [9.17, 15) is 0 Å². The topological polar surface area (TPSA) is 55.5 Å². The van der Waals surface area contributed by atoms with Crippen LogP contribution in [0.2, 0.25) is 0 Å². The zero-order chi connectivity index (χ0) is 6.43. The van der Waals surface area contributed by atoms with Crippen molar-refractivity contribution in [1.82, 2.24) is 0 Å². The van der Waals surface area contributed by atoms with Crippen LogP contribution < -0.4 is 5.73 Å². The van der Waals surface area contributed by atoms with Gasteiger partial charge in [-0.1, -0.05) is 0 Å². The second-order valence-electron chi connectivity index (χ2n) is 2.92. The summed E-state index contributed by atoms with van der Waals surface area (Å²) in [5.74, 6) is 0. The van der Waals surface area contributed by atoms with E-state index in [2.05, 4.69) is 0 Å². The lowest BCUT2D eigenvalue weighted by molar-refractivity contribution is 0.0534. The Balaban J connectivity index is 0.000000500. The zero-order valence-corrected chi connectivity index (χ0v) is 6.38. The lowest BCUT2D eigenvalue weighted by atomic mass is 9.94. The molecular weight excluding hydrogens is 154 g/mol. The fourth-order valence-electron chi connectivity index (χ4n) is 1.67. The van der Waals surface area contributed by atoms with Gasteiger partial charge in [-0.2, -0.15) is 0 Å². The predicted molar refractivity (Wildman–Crippen MR) is 39.1 cm³/mol. The molecule has 10 heavy (non-hydrogen) atoms. The van der Waals surface area contributed by atoms with E-state index in [1.807, 2.05) is 0 Å². The number of nitrogens with two attached hydrogens (primary N) is 1. The zero-order valence-electron chi connectivity index (χ0n) is 5.56. The summed E-state index contributed by atoms with van der Waals surface area (Å²) < 4.78 is 5.32. The predicted octanol–water partition coefficient (Wildman–Crippen LogP) is -0.342. The van der Waals surface area contributed by atoms with Crippen molar-refractivity contribution in [3.05, 3.63) is 0 Å². The molecule has 4 heteroatoms. The van der Waals surface area contributed by atoms with Gasteiger partial charge in [0.1, 0.15) is 0 Å². The molecule has 0 radical (unpaired) electrons. The third-order valence-corrected chi connectivity index (χ3v) is 2.23. The summed E-state index contributed by atoms with van der Waals surface area (Å²) in [4.78, 5) is 0. The molecule has 3 N–H and O–H groups in total. The molecule has 2 aliphatic rings. The van der Waals surface area contributed by atoms with Crippen LogP contribution in [0.3, 0.4) is 0 Å². The Bertz CT molecular complexity index is 115. The van der Waals surface area contributed by atoms with Gasteiger partial charge in [0.05, 0.1) is 18.3 Å². The highest BCUT2D eigenvalue weighted by Gasteiger charge is 2.44. The van der Waals surface area contributed by atoms with Gasteiger partial charge in [-0.05, 0) is 6.42 Å². The molecular formula is C6H12ClNO2. The summed E-state index contributed by atoms with van der Waals surface area (Å²) in [5.41, 5.74) is 5.65. The molecule has 0 amide bonds. The molecule has 0 aromatic rings. The minimum atomic E-state index is -0.241. The number of hydrogen-bond donors (Lipinski definition) is 2. The Kier molecular flexibility index (Phi) is 2.20. The van der Waals surface area contributed by atoms with Crippen molar-refractivity contribution >= 4 is 12.4 Å². The molecule has 0 aliphatic carbocycles. The van der Waals surface area contributed by atoms with Gasteiger partial charge in [0.15, 0.2) is 0 Å². The molecule has 2 rings (SSSR count). The number of fused-ring (bicyclic) bond motifs is 2. The van der Waals surface area contributed by atoms with E-state index in [1.165, 1.54) is 0 Å². The number of aliphatic hydroxyl groups is 1. The van der Waals surface area contributed by atoms with Gasteiger partial charge < -0.3 is 15.6 Å². The fraction of sp³-hybridized carbons (Fsp3) is 1.00. The maximum Gasteiger partial charge on any atom is 0.0855 e. The molecule has 2 bridgehead atoms. The van der Waals surface area contributed by atoms with Crippen molar-refractivity contribution in [2.75, 3.05) is 0 Å². The van der Waals surface area contributed by atoms with E-state index in [-0.39, 0.29) is 36.8 Å². The molecule has 2 fully saturated rings. The molecule has 3 nitrogen and oxygen atoms in total. The number of rotatable bonds is 0. The van der Waals surface area contributed by atoms with Crippen molar-refractivity contribution in [3.8, 4) is 0 Å². The molecule has 0 saturated carbocycles. The number of aliphatic hydroxyl groups excluding tert-OH is 1. The number of hydrogen-bond acceptors (Lipinski definition) is 3. The van der Waals surface area contributed by atoms with Crippen LogP contribution in [0.25, 0.3) is 0 Å². The van der Waals surface area contributed by atoms with Crippen molar-refractivity contribution in [3.63, 3.8) is 0 Å². The quantitative estimate of drug-likeness (QED) is 0.516. The summed E-state index contributed by atoms with van der Waals surface area (Å²) in [7, 11) is 0. The van der Waals surface area contributed by atoms with Gasteiger partial charge in [-0.3, -0.25) is 0 Å². The van der Waals surface area contributed by atoms with Crippen LogP contribution in [0.4, 0.5) is 0 Å². The Morgan fingerprint density at radius 3 is 2.30 bits per heavy atom. The third-order valence-electron chi connectivity index (χ3n) is 2.23. The largest absolute Gasteiger partial charge is 0.390 e. The van der Waals surface area contributed by atoms with E-state index in [0.717, 1.165) is 12.8 Å². The van der Waals surface area contributed by atoms with E-state index in [4.69, 9.17) is 15.6 Å². The fourth-order valence-corrected chi connectivity index (χ4v) is 1.67. The van der Waals surface area contributed by atoms with Crippen LogP contribution in [0.15, 0.2) is 0 Å². The first-order valence-corrected chi connectivity index (χ1v) is 3.36. The second-order valence-corrected chi connectivity index (χ2v) is 2.92. The lowest BCUT2D eigenvalue weighted by Gasteiger charge is -2.16. The summed E-state index contributed by atoms with van der Waals surface area (Å²) >= 11 is 0. The lowest BCUT2D eigenvalue weighted by Crippen LogP contribution is -2.36. The highest BCUT2D eigenvalue weighted by Crippen LogP contribution is 2.33. The molecule has 0 aromatic heterocycles. The molecule has 0 unspecified atom stereocenters. The average molecular weight is 166 g/mol. The molecule has 60 valence electrons. The highest BCUT2D eigenvalue weighted by molar-refractivity contribution is 5.85. The average Bonchev–Trinajstić information content (AvgIpc) is 2.24. The smallest absolute Gasteiger partial charge is 0.0855 e. The van der Waals surface area contributed by atoms with E-state index in [1.54, 1.807) is 0 Å². The molecule has 2 aliphatic heterocycles. The monoisotopic (exact) mass is 165 g/mol. The first-order valence-electron chi connectivity index (χ1n) is 3.36. The third kappa shape index (κ3) is 1.03. The summed E-state index contributed by atoms with van der Waals surface area (Å²) in [6.07, 6.45) is 1.53. The number of halogens is 1. The van der Waals surface area contributed by atoms with Crippen LogP contribution in [-0.2, 0) is 4.74 Å². The van der Waals surface area contributed by atoms with E-state index in [0.29, 0.717) is 0 Å². The van der Waals surface area contributed by atoms with Gasteiger partial charge in [0.2, 0.25) is 0 Å². The standard InChI is InChI=1S/C6H11NO2.ClH/c7-3-1-6-4(8)2-5(3)9-6;/h3-6,8H,1-2,7H2;1H/t3-,4-,5+,6+;/m0./s1. The van der Waals surface area contributed by atoms with Crippen molar-refractivity contribution in [2.45, 2.75) is 37.2 Å². The van der Waals surface area contributed by atoms with E-state index >= 15 is 0 Å². The SMILES string of the molecule is Cl.N[C@H]1C[C@H]2O[C@@H]1C[C@@H]2O. The van der Waals surface area contributed by atoms with Crippen LogP contribution in [0, 0.1) is 0 Å². The maximum absolute atomic E-state index is 9.16. The minimum Gasteiger partial charge on any atom is -0.390 e. The maximum atomic E-state index is 9.16. The molecule has 0 aromatic carbocycles.